The minimum absolute atomic E-state index is 0.144. The van der Waals surface area contributed by atoms with Crippen molar-refractivity contribution in [1.82, 2.24) is 19.7 Å². The number of hydrogen-bond acceptors (Lipinski definition) is 3. The normalized spacial score (nSPS) is 17.6. The van der Waals surface area contributed by atoms with Crippen LogP contribution in [0.25, 0.3) is 10.9 Å². The number of para-hydroxylation sites is 1. The molecular weight excluding hydrogens is 480 g/mol. The minimum atomic E-state index is 0.144. The molecule has 6 rings (SSSR count). The number of aromatic nitrogens is 1. The third-order valence-electron chi connectivity index (χ3n) is 8.86. The van der Waals surface area contributed by atoms with Gasteiger partial charge in [0.1, 0.15) is 5.69 Å². The molecule has 3 aromatic carbocycles. The summed E-state index contributed by atoms with van der Waals surface area (Å²) >= 11 is 0. The van der Waals surface area contributed by atoms with E-state index in [1.165, 1.54) is 34.9 Å². The number of piperidine rings is 1. The van der Waals surface area contributed by atoms with Crippen molar-refractivity contribution in [3.8, 4) is 0 Å². The molecule has 2 fully saturated rings. The lowest BCUT2D eigenvalue weighted by Gasteiger charge is -2.35. The Morgan fingerprint density at radius 2 is 1.38 bits per heavy atom. The number of H-pyrrole nitrogens is 1. The lowest BCUT2D eigenvalue weighted by atomic mass is 9.84. The van der Waals surface area contributed by atoms with E-state index in [2.05, 4.69) is 101 Å². The summed E-state index contributed by atoms with van der Waals surface area (Å²) in [4.78, 5) is 24.4. The number of aryl methyl sites for hydroxylation is 2. The zero-order valence-corrected chi connectivity index (χ0v) is 23.3. The predicted molar refractivity (Wildman–Crippen MR) is 159 cm³/mol. The number of rotatable bonds is 6. The van der Waals surface area contributed by atoms with Gasteiger partial charge in [-0.1, -0.05) is 66.7 Å². The first kappa shape index (κ1) is 25.8. The maximum Gasteiger partial charge on any atom is 0.270 e. The number of carbonyl (C=O) groups excluding carboxylic acids is 1. The van der Waals surface area contributed by atoms with E-state index in [-0.39, 0.29) is 5.91 Å². The van der Waals surface area contributed by atoms with Crippen molar-refractivity contribution in [1.29, 1.82) is 0 Å². The maximum atomic E-state index is 13.9. The van der Waals surface area contributed by atoms with E-state index in [1.807, 2.05) is 4.90 Å². The summed E-state index contributed by atoms with van der Waals surface area (Å²) in [5, 5.41) is 1.18. The molecule has 39 heavy (non-hydrogen) atoms. The number of fused-ring (bicyclic) bond motifs is 1. The summed E-state index contributed by atoms with van der Waals surface area (Å²) in [6.45, 7) is 11.7. The van der Waals surface area contributed by atoms with Gasteiger partial charge < -0.3 is 9.88 Å². The van der Waals surface area contributed by atoms with Gasteiger partial charge in [0.2, 0.25) is 0 Å². The monoisotopic (exact) mass is 520 g/mol. The average molecular weight is 521 g/mol. The third kappa shape index (κ3) is 5.52. The van der Waals surface area contributed by atoms with Crippen LogP contribution in [0.3, 0.4) is 0 Å². The predicted octanol–water partition coefficient (Wildman–Crippen LogP) is 6.12. The van der Waals surface area contributed by atoms with Crippen LogP contribution in [0, 0.1) is 13.8 Å². The maximum absolute atomic E-state index is 13.9. The molecule has 3 heterocycles. The highest BCUT2D eigenvalue weighted by molar-refractivity contribution is 6.01. The number of carbonyl (C=O) groups is 1. The van der Waals surface area contributed by atoms with Gasteiger partial charge in [-0.25, -0.2) is 0 Å². The Bertz CT molecular complexity index is 1410. The molecule has 1 aromatic heterocycles. The first-order valence-electron chi connectivity index (χ1n) is 14.5. The molecule has 0 atom stereocenters. The number of hydrogen-bond donors (Lipinski definition) is 1. The first-order chi connectivity index (χ1) is 19.1. The van der Waals surface area contributed by atoms with Crippen molar-refractivity contribution in [2.75, 3.05) is 39.3 Å². The molecule has 2 aliphatic heterocycles. The van der Waals surface area contributed by atoms with Gasteiger partial charge in [0.25, 0.3) is 5.91 Å². The quantitative estimate of drug-likeness (QED) is 0.333. The van der Waals surface area contributed by atoms with Crippen LogP contribution in [0.1, 0.15) is 57.1 Å². The van der Waals surface area contributed by atoms with Gasteiger partial charge in [-0.05, 0) is 74.0 Å². The van der Waals surface area contributed by atoms with E-state index in [4.69, 9.17) is 0 Å². The van der Waals surface area contributed by atoms with Crippen molar-refractivity contribution in [2.24, 2.45) is 0 Å². The molecule has 0 saturated carbocycles. The standard InChI is InChI=1S/C34H40N4O/c1-25-9-8-10-26(2)32(25)28-15-17-36(18-16-28)24-30-29-13-6-7-14-31(29)35-33(30)34(39)38-21-19-37(20-22-38)23-27-11-4-3-5-12-27/h3-14,28,35H,15-24H2,1-2H3. The molecule has 0 unspecified atom stereocenters. The summed E-state index contributed by atoms with van der Waals surface area (Å²) in [6.07, 6.45) is 2.33. The van der Waals surface area contributed by atoms with Crippen LogP contribution in [0.4, 0.5) is 0 Å². The molecule has 1 amide bonds. The zero-order valence-electron chi connectivity index (χ0n) is 23.3. The molecular formula is C34H40N4O. The largest absolute Gasteiger partial charge is 0.350 e. The van der Waals surface area contributed by atoms with E-state index >= 15 is 0 Å². The second kappa shape index (κ2) is 11.4. The van der Waals surface area contributed by atoms with Gasteiger partial charge in [0, 0.05) is 55.7 Å². The Kier molecular flexibility index (Phi) is 7.53. The molecule has 4 aromatic rings. The van der Waals surface area contributed by atoms with Crippen molar-refractivity contribution in [3.63, 3.8) is 0 Å². The molecule has 202 valence electrons. The smallest absolute Gasteiger partial charge is 0.270 e. The van der Waals surface area contributed by atoms with Gasteiger partial charge >= 0.3 is 0 Å². The second-order valence-electron chi connectivity index (χ2n) is 11.4. The van der Waals surface area contributed by atoms with E-state index in [1.54, 1.807) is 5.56 Å². The van der Waals surface area contributed by atoms with Crippen LogP contribution in [0.15, 0.2) is 72.8 Å². The first-order valence-corrected chi connectivity index (χ1v) is 14.5. The highest BCUT2D eigenvalue weighted by atomic mass is 16.2. The minimum Gasteiger partial charge on any atom is -0.350 e. The molecule has 5 heteroatoms. The van der Waals surface area contributed by atoms with Crippen molar-refractivity contribution >= 4 is 16.8 Å². The SMILES string of the molecule is Cc1cccc(C)c1C1CCN(Cc2c(C(=O)N3CCN(Cc4ccccc4)CC3)[nH]c3ccccc23)CC1. The van der Waals surface area contributed by atoms with Crippen molar-refractivity contribution in [2.45, 2.75) is 45.7 Å². The fraction of sp³-hybridized carbons (Fsp3) is 0.382. The van der Waals surface area contributed by atoms with E-state index in [0.29, 0.717) is 5.92 Å². The van der Waals surface area contributed by atoms with Crippen LogP contribution < -0.4 is 0 Å². The number of piperazine rings is 1. The number of nitrogens with one attached hydrogen (secondary N) is 1. The summed E-state index contributed by atoms with van der Waals surface area (Å²) in [5.74, 6) is 0.768. The highest BCUT2D eigenvalue weighted by Crippen LogP contribution is 2.34. The Morgan fingerprint density at radius 3 is 2.10 bits per heavy atom. The van der Waals surface area contributed by atoms with Crippen molar-refractivity contribution < 1.29 is 4.79 Å². The van der Waals surface area contributed by atoms with E-state index in [0.717, 1.165) is 69.1 Å². The number of nitrogens with zero attached hydrogens (tertiary/aromatic N) is 3. The van der Waals surface area contributed by atoms with E-state index in [9.17, 15) is 4.79 Å². The Labute approximate surface area is 232 Å². The van der Waals surface area contributed by atoms with Gasteiger partial charge in [-0.3, -0.25) is 14.6 Å². The fourth-order valence-electron chi connectivity index (χ4n) is 6.73. The summed E-state index contributed by atoms with van der Waals surface area (Å²) in [5.41, 5.74) is 8.72. The lowest BCUT2D eigenvalue weighted by Crippen LogP contribution is -2.48. The van der Waals surface area contributed by atoms with Gasteiger partial charge in [-0.15, -0.1) is 0 Å². The third-order valence-corrected chi connectivity index (χ3v) is 8.86. The molecule has 2 aliphatic rings. The van der Waals surface area contributed by atoms with Crippen LogP contribution in [0.2, 0.25) is 0 Å². The van der Waals surface area contributed by atoms with E-state index < -0.39 is 0 Å². The van der Waals surface area contributed by atoms with Crippen molar-refractivity contribution in [3.05, 3.63) is 106 Å². The Morgan fingerprint density at radius 1 is 0.744 bits per heavy atom. The number of aromatic amines is 1. The number of likely N-dealkylation sites (tertiary alicyclic amines) is 1. The highest BCUT2D eigenvalue weighted by Gasteiger charge is 2.29. The van der Waals surface area contributed by atoms with Gasteiger partial charge in [0.05, 0.1) is 0 Å². The topological polar surface area (TPSA) is 42.6 Å². The summed E-state index contributed by atoms with van der Waals surface area (Å²) < 4.78 is 0. The molecule has 2 saturated heterocycles. The van der Waals surface area contributed by atoms with Gasteiger partial charge in [-0.2, -0.15) is 0 Å². The summed E-state index contributed by atoms with van der Waals surface area (Å²) in [7, 11) is 0. The van der Waals surface area contributed by atoms with Crippen LogP contribution in [-0.4, -0.2) is 64.9 Å². The fourth-order valence-corrected chi connectivity index (χ4v) is 6.73. The molecule has 5 nitrogen and oxygen atoms in total. The van der Waals surface area contributed by atoms with Crippen LogP contribution in [-0.2, 0) is 13.1 Å². The Hall–Kier alpha value is -3.41. The van der Waals surface area contributed by atoms with Crippen LogP contribution >= 0.6 is 0 Å². The molecule has 0 bridgehead atoms. The Balaban J connectivity index is 1.14. The molecule has 1 N–H and O–H groups in total. The molecule has 0 spiro atoms. The van der Waals surface area contributed by atoms with Crippen LogP contribution in [0.5, 0.6) is 0 Å². The molecule has 0 radical (unpaired) electrons. The second-order valence-corrected chi connectivity index (χ2v) is 11.4. The number of benzene rings is 3. The zero-order chi connectivity index (χ0) is 26.8. The average Bonchev–Trinajstić information content (AvgIpc) is 3.33. The summed E-state index contributed by atoms with van der Waals surface area (Å²) in [6, 6.07) is 25.7. The lowest BCUT2D eigenvalue weighted by molar-refractivity contribution is 0.0621. The molecule has 0 aliphatic carbocycles. The van der Waals surface area contributed by atoms with Gasteiger partial charge in [0.15, 0.2) is 0 Å². The number of amides is 1.